The first-order valence-electron chi connectivity index (χ1n) is 5.64. The summed E-state index contributed by atoms with van der Waals surface area (Å²) >= 11 is 0. The highest BCUT2D eigenvalue weighted by Crippen LogP contribution is 2.16. The summed E-state index contributed by atoms with van der Waals surface area (Å²) in [4.78, 5) is 17.7. The van der Waals surface area contributed by atoms with Gasteiger partial charge in [-0.2, -0.15) is 5.26 Å². The van der Waals surface area contributed by atoms with Gasteiger partial charge in [-0.05, 0) is 12.1 Å². The average molecular weight is 242 g/mol. The van der Waals surface area contributed by atoms with Crippen LogP contribution >= 0.6 is 0 Å². The molecule has 0 saturated heterocycles. The monoisotopic (exact) mass is 242 g/mol. The summed E-state index contributed by atoms with van der Waals surface area (Å²) in [6.07, 6.45) is 0.204. The molecule has 0 saturated carbocycles. The molecule has 0 spiro atoms. The van der Waals surface area contributed by atoms with Gasteiger partial charge in [0.25, 0.3) is 0 Å². The third-order valence-corrected chi connectivity index (χ3v) is 2.76. The molecule has 18 heavy (non-hydrogen) atoms. The van der Waals surface area contributed by atoms with Gasteiger partial charge in [-0.1, -0.05) is 12.1 Å². The molecule has 0 N–H and O–H groups in total. The summed E-state index contributed by atoms with van der Waals surface area (Å²) in [5.74, 6) is 0.617. The van der Waals surface area contributed by atoms with E-state index in [-0.39, 0.29) is 18.9 Å². The lowest BCUT2D eigenvalue weighted by molar-refractivity contribution is -0.129. The van der Waals surface area contributed by atoms with Gasteiger partial charge in [0.2, 0.25) is 5.91 Å². The number of rotatable bonds is 3. The lowest BCUT2D eigenvalue weighted by atomic mass is 10.3. The van der Waals surface area contributed by atoms with E-state index in [0.717, 1.165) is 11.0 Å². The molecule has 2 aromatic rings. The van der Waals surface area contributed by atoms with Crippen LogP contribution in [0.3, 0.4) is 0 Å². The fourth-order valence-corrected chi connectivity index (χ4v) is 1.78. The fraction of sp³-hybridized carbons (Fsp3) is 0.308. The Morgan fingerprint density at radius 2 is 2.17 bits per heavy atom. The highest BCUT2D eigenvalue weighted by atomic mass is 16.2. The van der Waals surface area contributed by atoms with Crippen molar-refractivity contribution >= 4 is 16.9 Å². The Balaban J connectivity index is 2.48. The van der Waals surface area contributed by atoms with Gasteiger partial charge in [0, 0.05) is 14.1 Å². The number of carbonyl (C=O) groups is 1. The average Bonchev–Trinajstić information content (AvgIpc) is 2.68. The van der Waals surface area contributed by atoms with Crippen molar-refractivity contribution in [2.75, 3.05) is 14.1 Å². The van der Waals surface area contributed by atoms with Crippen LogP contribution in [0.2, 0.25) is 0 Å². The van der Waals surface area contributed by atoms with E-state index in [2.05, 4.69) is 11.1 Å². The van der Waals surface area contributed by atoms with Crippen molar-refractivity contribution in [3.05, 3.63) is 30.1 Å². The zero-order valence-electron chi connectivity index (χ0n) is 10.4. The molecular weight excluding hydrogens is 228 g/mol. The SMILES string of the molecule is CN(C)C(=O)Cn1c(CC#N)nc2ccccc21. The molecule has 0 atom stereocenters. The maximum absolute atomic E-state index is 11.8. The van der Waals surface area contributed by atoms with Crippen LogP contribution in [0.5, 0.6) is 0 Å². The minimum atomic E-state index is -0.0163. The maximum atomic E-state index is 11.8. The molecule has 1 amide bonds. The van der Waals surface area contributed by atoms with Gasteiger partial charge in [0.15, 0.2) is 0 Å². The molecule has 1 aromatic carbocycles. The molecule has 1 aromatic heterocycles. The van der Waals surface area contributed by atoms with Crippen LogP contribution in [0.15, 0.2) is 24.3 Å². The van der Waals surface area contributed by atoms with Gasteiger partial charge in [-0.15, -0.1) is 0 Å². The van der Waals surface area contributed by atoms with E-state index >= 15 is 0 Å². The first-order valence-corrected chi connectivity index (χ1v) is 5.64. The van der Waals surface area contributed by atoms with Crippen molar-refractivity contribution in [2.24, 2.45) is 0 Å². The smallest absolute Gasteiger partial charge is 0.242 e. The van der Waals surface area contributed by atoms with E-state index in [1.54, 1.807) is 18.7 Å². The number of hydrogen-bond donors (Lipinski definition) is 0. The zero-order chi connectivity index (χ0) is 13.1. The third kappa shape index (κ3) is 2.18. The van der Waals surface area contributed by atoms with Crippen LogP contribution in [0, 0.1) is 11.3 Å². The van der Waals surface area contributed by atoms with E-state index in [1.165, 1.54) is 4.90 Å². The number of amides is 1. The zero-order valence-corrected chi connectivity index (χ0v) is 10.4. The number of fused-ring (bicyclic) bond motifs is 1. The van der Waals surface area contributed by atoms with Gasteiger partial charge in [0.05, 0.1) is 23.5 Å². The topological polar surface area (TPSA) is 61.9 Å². The second kappa shape index (κ2) is 4.88. The van der Waals surface area contributed by atoms with Gasteiger partial charge in [-0.3, -0.25) is 4.79 Å². The van der Waals surface area contributed by atoms with Crippen molar-refractivity contribution in [2.45, 2.75) is 13.0 Å². The molecule has 0 aliphatic heterocycles. The van der Waals surface area contributed by atoms with Crippen LogP contribution in [0.4, 0.5) is 0 Å². The van der Waals surface area contributed by atoms with Crippen molar-refractivity contribution in [1.29, 1.82) is 5.26 Å². The van der Waals surface area contributed by atoms with Crippen LogP contribution in [0.1, 0.15) is 5.82 Å². The number of carbonyl (C=O) groups excluding carboxylic acids is 1. The van der Waals surface area contributed by atoms with Crippen LogP contribution in [-0.4, -0.2) is 34.5 Å². The van der Waals surface area contributed by atoms with Gasteiger partial charge in [-0.25, -0.2) is 4.98 Å². The predicted octanol–water partition coefficient (Wildman–Crippen LogP) is 1.19. The molecule has 0 radical (unpaired) electrons. The third-order valence-electron chi connectivity index (χ3n) is 2.76. The van der Waals surface area contributed by atoms with Crippen molar-refractivity contribution in [3.63, 3.8) is 0 Å². The second-order valence-corrected chi connectivity index (χ2v) is 4.23. The van der Waals surface area contributed by atoms with Crippen LogP contribution < -0.4 is 0 Å². The molecule has 0 bridgehead atoms. The molecule has 2 rings (SSSR count). The molecule has 0 aliphatic rings. The molecule has 0 unspecified atom stereocenters. The molecule has 0 fully saturated rings. The van der Waals surface area contributed by atoms with E-state index in [9.17, 15) is 4.79 Å². The normalized spacial score (nSPS) is 10.3. The molecule has 1 heterocycles. The Morgan fingerprint density at radius 3 is 2.83 bits per heavy atom. The van der Waals surface area contributed by atoms with E-state index in [1.807, 2.05) is 24.3 Å². The number of aromatic nitrogens is 2. The number of nitriles is 1. The number of para-hydroxylation sites is 2. The molecular formula is C13H14N4O. The summed E-state index contributed by atoms with van der Waals surface area (Å²) in [5, 5.41) is 8.81. The van der Waals surface area contributed by atoms with Gasteiger partial charge in [0.1, 0.15) is 12.4 Å². The van der Waals surface area contributed by atoms with Crippen molar-refractivity contribution in [1.82, 2.24) is 14.5 Å². The quantitative estimate of drug-likeness (QED) is 0.812. The van der Waals surface area contributed by atoms with Crippen molar-refractivity contribution < 1.29 is 4.79 Å². The van der Waals surface area contributed by atoms with Gasteiger partial charge >= 0.3 is 0 Å². The first kappa shape index (κ1) is 12.1. The molecule has 0 aliphatic carbocycles. The molecule has 92 valence electrons. The van der Waals surface area contributed by atoms with Crippen LogP contribution in [0.25, 0.3) is 11.0 Å². The minimum Gasteiger partial charge on any atom is -0.347 e. The number of benzene rings is 1. The predicted molar refractivity (Wildman–Crippen MR) is 67.7 cm³/mol. The highest BCUT2D eigenvalue weighted by molar-refractivity contribution is 5.81. The Morgan fingerprint density at radius 1 is 1.44 bits per heavy atom. The first-order chi connectivity index (χ1) is 8.63. The van der Waals surface area contributed by atoms with Crippen molar-refractivity contribution in [3.8, 4) is 6.07 Å². The Hall–Kier alpha value is -2.35. The molecule has 5 nitrogen and oxygen atoms in total. The van der Waals surface area contributed by atoms with E-state index in [0.29, 0.717) is 5.82 Å². The Labute approximate surface area is 105 Å². The summed E-state index contributed by atoms with van der Waals surface area (Å²) in [6.45, 7) is 0.213. The summed E-state index contributed by atoms with van der Waals surface area (Å²) in [6, 6.07) is 9.66. The maximum Gasteiger partial charge on any atom is 0.242 e. The second-order valence-electron chi connectivity index (χ2n) is 4.23. The lowest BCUT2D eigenvalue weighted by Gasteiger charge is -2.12. The minimum absolute atomic E-state index is 0.0163. The standard InChI is InChI=1S/C13H14N4O/c1-16(2)13(18)9-17-11-6-4-3-5-10(11)15-12(17)7-8-14/h3-6H,7,9H2,1-2H3. The highest BCUT2D eigenvalue weighted by Gasteiger charge is 2.13. The summed E-state index contributed by atoms with van der Waals surface area (Å²) < 4.78 is 1.81. The Bertz CT molecular complexity index is 621. The summed E-state index contributed by atoms with van der Waals surface area (Å²) in [7, 11) is 3.43. The van der Waals surface area contributed by atoms with Crippen LogP contribution in [-0.2, 0) is 17.8 Å². The number of likely N-dealkylation sites (N-methyl/N-ethyl adjacent to an activating group) is 1. The number of nitrogens with zero attached hydrogens (tertiary/aromatic N) is 4. The number of hydrogen-bond acceptors (Lipinski definition) is 3. The summed E-state index contributed by atoms with van der Waals surface area (Å²) in [5.41, 5.74) is 1.70. The number of imidazole rings is 1. The van der Waals surface area contributed by atoms with Gasteiger partial charge < -0.3 is 9.47 Å². The van der Waals surface area contributed by atoms with E-state index in [4.69, 9.17) is 5.26 Å². The molecule has 5 heteroatoms. The fourth-order valence-electron chi connectivity index (χ4n) is 1.78. The van der Waals surface area contributed by atoms with E-state index < -0.39 is 0 Å². The Kier molecular flexibility index (Phi) is 3.28. The largest absolute Gasteiger partial charge is 0.347 e. The lowest BCUT2D eigenvalue weighted by Crippen LogP contribution is -2.26.